The number of pyridine rings is 1. The van der Waals surface area contributed by atoms with Gasteiger partial charge in [-0.05, 0) is 24.5 Å². The second-order valence-corrected chi connectivity index (χ2v) is 6.81. The van der Waals surface area contributed by atoms with Crippen molar-refractivity contribution in [3.63, 3.8) is 0 Å². The number of nitrogens with zero attached hydrogens (tertiary/aromatic N) is 4. The number of hydrogen-bond donors (Lipinski definition) is 2. The van der Waals surface area contributed by atoms with E-state index in [9.17, 15) is 4.79 Å². The zero-order valence-corrected chi connectivity index (χ0v) is 14.7. The van der Waals surface area contributed by atoms with Gasteiger partial charge >= 0.3 is 6.03 Å². The molecule has 1 aliphatic heterocycles. The zero-order chi connectivity index (χ0) is 17.3. The first-order valence-corrected chi connectivity index (χ1v) is 9.31. The molecule has 0 aliphatic carbocycles. The Balaban J connectivity index is 1.29. The van der Waals surface area contributed by atoms with Crippen LogP contribution in [0.4, 0.5) is 4.79 Å². The number of aromatic amines is 1. The molecule has 0 aromatic carbocycles. The van der Waals surface area contributed by atoms with Crippen molar-refractivity contribution in [3.8, 4) is 0 Å². The van der Waals surface area contributed by atoms with Crippen LogP contribution in [-0.4, -0.2) is 62.6 Å². The fourth-order valence-electron chi connectivity index (χ4n) is 2.60. The number of rotatable bonds is 7. The Bertz CT molecular complexity index is 631. The number of likely N-dealkylation sites (tertiary alicyclic amines) is 1. The lowest BCUT2D eigenvalue weighted by Gasteiger charge is -2.32. The maximum atomic E-state index is 12.2. The van der Waals surface area contributed by atoms with Crippen molar-refractivity contribution >= 4 is 17.8 Å². The first-order valence-electron chi connectivity index (χ1n) is 8.32. The summed E-state index contributed by atoms with van der Waals surface area (Å²) in [5.41, 5.74) is 1.08. The Morgan fingerprint density at radius 2 is 2.32 bits per heavy atom. The number of hydrogen-bond acceptors (Lipinski definition) is 6. The van der Waals surface area contributed by atoms with Crippen molar-refractivity contribution in [2.45, 2.75) is 30.7 Å². The molecule has 0 spiro atoms. The molecule has 3 heterocycles. The molecular formula is C16H22N6O2S. The van der Waals surface area contributed by atoms with Crippen LogP contribution in [0.2, 0.25) is 0 Å². The number of piperidine rings is 1. The number of carbonyl (C=O) groups is 1. The number of thioether (sulfide) groups is 1. The van der Waals surface area contributed by atoms with Crippen LogP contribution >= 0.6 is 11.8 Å². The molecule has 0 radical (unpaired) electrons. The van der Waals surface area contributed by atoms with E-state index in [1.165, 1.54) is 18.1 Å². The van der Waals surface area contributed by atoms with Gasteiger partial charge in [0.15, 0.2) is 5.16 Å². The van der Waals surface area contributed by atoms with Gasteiger partial charge in [-0.15, -0.1) is 0 Å². The monoisotopic (exact) mass is 362 g/mol. The van der Waals surface area contributed by atoms with Gasteiger partial charge in [-0.2, -0.15) is 5.10 Å². The van der Waals surface area contributed by atoms with Crippen LogP contribution in [-0.2, 0) is 11.3 Å². The van der Waals surface area contributed by atoms with Crippen LogP contribution in [0, 0.1) is 0 Å². The second kappa shape index (κ2) is 9.38. The van der Waals surface area contributed by atoms with Crippen LogP contribution in [0.3, 0.4) is 0 Å². The highest BCUT2D eigenvalue weighted by atomic mass is 32.2. The van der Waals surface area contributed by atoms with E-state index < -0.39 is 0 Å². The van der Waals surface area contributed by atoms with E-state index in [1.54, 1.807) is 6.20 Å². The Hall–Kier alpha value is -2.13. The molecule has 9 heteroatoms. The summed E-state index contributed by atoms with van der Waals surface area (Å²) in [7, 11) is 0. The van der Waals surface area contributed by atoms with Gasteiger partial charge in [-0.1, -0.05) is 17.8 Å². The highest BCUT2D eigenvalue weighted by Crippen LogP contribution is 2.15. The minimum absolute atomic E-state index is 0.0103. The Labute approximate surface area is 150 Å². The topological polar surface area (TPSA) is 96.0 Å². The van der Waals surface area contributed by atoms with Crippen molar-refractivity contribution < 1.29 is 9.53 Å². The van der Waals surface area contributed by atoms with Crippen LogP contribution < -0.4 is 5.32 Å². The first-order chi connectivity index (χ1) is 12.3. The molecule has 2 amide bonds. The highest BCUT2D eigenvalue weighted by molar-refractivity contribution is 7.99. The Morgan fingerprint density at radius 1 is 1.44 bits per heavy atom. The molecule has 1 saturated heterocycles. The standard InChI is InChI=1S/C16H22N6O2S/c23-16(18-6-9-25-15-19-12-20-21-15)22-7-3-14(4-8-22)24-11-13-2-1-5-17-10-13/h1-2,5,10,12,14H,3-4,6-9,11H2,(H,18,23)(H,19,20,21). The molecule has 1 aliphatic rings. The third-order valence-electron chi connectivity index (χ3n) is 3.95. The molecule has 25 heavy (non-hydrogen) atoms. The number of H-pyrrole nitrogens is 1. The van der Waals surface area contributed by atoms with Gasteiger partial charge in [-0.25, -0.2) is 9.78 Å². The normalized spacial score (nSPS) is 15.3. The summed E-state index contributed by atoms with van der Waals surface area (Å²) in [5, 5.41) is 10.3. The van der Waals surface area contributed by atoms with Gasteiger partial charge < -0.3 is 15.0 Å². The minimum atomic E-state index is -0.0103. The average molecular weight is 362 g/mol. The Morgan fingerprint density at radius 3 is 3.04 bits per heavy atom. The van der Waals surface area contributed by atoms with Crippen LogP contribution in [0.15, 0.2) is 36.0 Å². The third-order valence-corrected chi connectivity index (χ3v) is 4.83. The number of nitrogens with one attached hydrogen (secondary N) is 2. The molecule has 0 bridgehead atoms. The van der Waals surface area contributed by atoms with E-state index in [2.05, 4.69) is 25.5 Å². The predicted octanol–water partition coefficient (Wildman–Crippen LogP) is 1.68. The lowest BCUT2D eigenvalue weighted by molar-refractivity contribution is 0.00441. The third kappa shape index (κ3) is 5.71. The average Bonchev–Trinajstić information content (AvgIpc) is 3.18. The molecule has 3 rings (SSSR count). The van der Waals surface area contributed by atoms with Gasteiger partial charge in [0.1, 0.15) is 6.33 Å². The summed E-state index contributed by atoms with van der Waals surface area (Å²) in [4.78, 5) is 22.1. The van der Waals surface area contributed by atoms with E-state index in [4.69, 9.17) is 4.74 Å². The van der Waals surface area contributed by atoms with Gasteiger partial charge in [-0.3, -0.25) is 10.1 Å². The number of aromatic nitrogens is 4. The summed E-state index contributed by atoms with van der Waals surface area (Å²) in [6.45, 7) is 2.61. The Kier molecular flexibility index (Phi) is 6.63. The minimum Gasteiger partial charge on any atom is -0.373 e. The summed E-state index contributed by atoms with van der Waals surface area (Å²) in [5.74, 6) is 0.756. The SMILES string of the molecule is O=C(NCCSc1ncn[nH]1)N1CCC(OCc2cccnc2)CC1. The molecule has 2 aromatic heterocycles. The van der Waals surface area contributed by atoms with Crippen LogP contribution in [0.1, 0.15) is 18.4 Å². The summed E-state index contributed by atoms with van der Waals surface area (Å²) < 4.78 is 5.92. The number of amides is 2. The van der Waals surface area contributed by atoms with Crippen LogP contribution in [0.5, 0.6) is 0 Å². The summed E-state index contributed by atoms with van der Waals surface area (Å²) in [6, 6.07) is 3.91. The van der Waals surface area contributed by atoms with Gasteiger partial charge in [0.25, 0.3) is 0 Å². The van der Waals surface area contributed by atoms with Crippen molar-refractivity contribution in [3.05, 3.63) is 36.4 Å². The molecule has 0 atom stereocenters. The lowest BCUT2D eigenvalue weighted by Crippen LogP contribution is -2.46. The smallest absolute Gasteiger partial charge is 0.317 e. The van der Waals surface area contributed by atoms with Crippen LogP contribution in [0.25, 0.3) is 0 Å². The molecule has 0 unspecified atom stereocenters. The predicted molar refractivity (Wildman–Crippen MR) is 94.1 cm³/mol. The molecule has 8 nitrogen and oxygen atoms in total. The molecule has 2 aromatic rings. The number of ether oxygens (including phenoxy) is 1. The van der Waals surface area contributed by atoms with E-state index in [0.717, 1.165) is 42.4 Å². The number of urea groups is 1. The zero-order valence-electron chi connectivity index (χ0n) is 13.9. The van der Waals surface area contributed by atoms with E-state index in [1.807, 2.05) is 23.2 Å². The maximum absolute atomic E-state index is 12.2. The van der Waals surface area contributed by atoms with Crippen molar-refractivity contribution in [1.29, 1.82) is 0 Å². The first kappa shape index (κ1) is 17.7. The highest BCUT2D eigenvalue weighted by Gasteiger charge is 2.23. The summed E-state index contributed by atoms with van der Waals surface area (Å²) in [6.07, 6.45) is 6.97. The van der Waals surface area contributed by atoms with Crippen molar-refractivity contribution in [1.82, 2.24) is 30.4 Å². The molecule has 2 N–H and O–H groups in total. The second-order valence-electron chi connectivity index (χ2n) is 5.73. The summed E-state index contributed by atoms with van der Waals surface area (Å²) >= 11 is 1.53. The van der Waals surface area contributed by atoms with Gasteiger partial charge in [0, 0.05) is 37.8 Å². The molecular weight excluding hydrogens is 340 g/mol. The molecule has 0 saturated carbocycles. The number of carbonyl (C=O) groups excluding carboxylic acids is 1. The van der Waals surface area contributed by atoms with Gasteiger partial charge in [0.05, 0.1) is 12.7 Å². The molecule has 134 valence electrons. The quantitative estimate of drug-likeness (QED) is 0.575. The lowest BCUT2D eigenvalue weighted by atomic mass is 10.1. The van der Waals surface area contributed by atoms with E-state index >= 15 is 0 Å². The van der Waals surface area contributed by atoms with E-state index in [-0.39, 0.29) is 12.1 Å². The molecule has 1 fully saturated rings. The van der Waals surface area contributed by atoms with Crippen molar-refractivity contribution in [2.75, 3.05) is 25.4 Å². The van der Waals surface area contributed by atoms with E-state index in [0.29, 0.717) is 13.2 Å². The van der Waals surface area contributed by atoms with Crippen molar-refractivity contribution in [2.24, 2.45) is 0 Å². The fourth-order valence-corrected chi connectivity index (χ4v) is 3.24. The maximum Gasteiger partial charge on any atom is 0.317 e. The fraction of sp³-hybridized carbons (Fsp3) is 0.500. The largest absolute Gasteiger partial charge is 0.373 e. The van der Waals surface area contributed by atoms with Gasteiger partial charge in [0.2, 0.25) is 0 Å².